The van der Waals surface area contributed by atoms with Gasteiger partial charge in [-0.3, -0.25) is 10.1 Å². The molecule has 0 aliphatic carbocycles. The lowest BCUT2D eigenvalue weighted by molar-refractivity contribution is -0.167. The average molecular weight is 311 g/mol. The average Bonchev–Trinajstić information content (AvgIpc) is 2.47. The third-order valence-corrected chi connectivity index (χ3v) is 2.65. The number of alkyl halides is 3. The van der Waals surface area contributed by atoms with Crippen LogP contribution in [0.3, 0.4) is 0 Å². The van der Waals surface area contributed by atoms with Crippen LogP contribution in [0.4, 0.5) is 19.1 Å². The summed E-state index contributed by atoms with van der Waals surface area (Å²) in [5, 5.41) is 10.5. The fourth-order valence-electron chi connectivity index (χ4n) is 1.76. The number of amides is 1. The summed E-state index contributed by atoms with van der Waals surface area (Å²) >= 11 is 0. The topological polar surface area (TPSA) is 79.8 Å². The highest BCUT2D eigenvalue weighted by atomic mass is 19.4. The first kappa shape index (κ1) is 15.8. The number of aromatic nitrogens is 3. The molecule has 0 unspecified atom stereocenters. The zero-order valence-electron chi connectivity index (χ0n) is 11.2. The number of rotatable bonds is 5. The lowest BCUT2D eigenvalue weighted by Crippen LogP contribution is -2.49. The van der Waals surface area contributed by atoms with Gasteiger partial charge < -0.3 is 0 Å². The Kier molecular flexibility index (Phi) is 4.99. The molecule has 2 N–H and O–H groups in total. The Hall–Kier alpha value is -2.55. The van der Waals surface area contributed by atoms with Crippen molar-refractivity contribution in [3.8, 4) is 0 Å². The number of carbonyl (C=O) groups is 1. The number of carbonyl (C=O) groups excluding carboxylic acids is 1. The predicted molar refractivity (Wildman–Crippen MR) is 71.6 cm³/mol. The van der Waals surface area contributed by atoms with Crippen molar-refractivity contribution in [2.24, 2.45) is 0 Å². The number of halogens is 3. The second kappa shape index (κ2) is 6.94. The SMILES string of the molecule is O=C(Nc1nccnn1)[C@H](Cc1ccccc1)NC(F)(F)F. The lowest BCUT2D eigenvalue weighted by Gasteiger charge is -2.19. The van der Waals surface area contributed by atoms with E-state index in [1.54, 1.807) is 30.3 Å². The molecule has 0 spiro atoms. The van der Waals surface area contributed by atoms with Crippen molar-refractivity contribution in [3.05, 3.63) is 48.3 Å². The molecular formula is C13H12F3N5O. The third kappa shape index (κ3) is 5.09. The maximum atomic E-state index is 12.6. The normalized spacial score (nSPS) is 12.7. The van der Waals surface area contributed by atoms with Crippen molar-refractivity contribution in [2.75, 3.05) is 5.32 Å². The van der Waals surface area contributed by atoms with Gasteiger partial charge in [0.15, 0.2) is 0 Å². The van der Waals surface area contributed by atoms with Crippen LogP contribution >= 0.6 is 0 Å². The summed E-state index contributed by atoms with van der Waals surface area (Å²) in [7, 11) is 0. The van der Waals surface area contributed by atoms with Gasteiger partial charge in [0.1, 0.15) is 0 Å². The molecule has 22 heavy (non-hydrogen) atoms. The number of benzene rings is 1. The van der Waals surface area contributed by atoms with E-state index < -0.39 is 18.2 Å². The fraction of sp³-hybridized carbons (Fsp3) is 0.231. The van der Waals surface area contributed by atoms with Crippen molar-refractivity contribution in [1.82, 2.24) is 20.5 Å². The fourth-order valence-corrected chi connectivity index (χ4v) is 1.76. The highest BCUT2D eigenvalue weighted by molar-refractivity contribution is 5.93. The van der Waals surface area contributed by atoms with Crippen molar-refractivity contribution in [2.45, 2.75) is 18.8 Å². The monoisotopic (exact) mass is 311 g/mol. The van der Waals surface area contributed by atoms with E-state index in [2.05, 4.69) is 20.5 Å². The van der Waals surface area contributed by atoms with Crippen LogP contribution in [0, 0.1) is 0 Å². The van der Waals surface area contributed by atoms with Gasteiger partial charge >= 0.3 is 6.30 Å². The Morgan fingerprint density at radius 1 is 1.18 bits per heavy atom. The summed E-state index contributed by atoms with van der Waals surface area (Å²) < 4.78 is 37.7. The van der Waals surface area contributed by atoms with E-state index in [1.807, 2.05) is 0 Å². The third-order valence-electron chi connectivity index (χ3n) is 2.65. The first-order valence-corrected chi connectivity index (χ1v) is 6.27. The van der Waals surface area contributed by atoms with E-state index in [1.165, 1.54) is 17.7 Å². The smallest absolute Gasteiger partial charge is 0.292 e. The molecule has 0 saturated carbocycles. The van der Waals surface area contributed by atoms with Crippen LogP contribution in [0.2, 0.25) is 0 Å². The van der Waals surface area contributed by atoms with Crippen LogP contribution in [0.1, 0.15) is 5.56 Å². The molecule has 1 atom stereocenters. The summed E-state index contributed by atoms with van der Waals surface area (Å²) in [6.07, 6.45) is -2.27. The molecule has 0 radical (unpaired) electrons. The minimum atomic E-state index is -4.69. The van der Waals surface area contributed by atoms with Crippen LogP contribution in [-0.4, -0.2) is 33.4 Å². The Morgan fingerprint density at radius 2 is 1.91 bits per heavy atom. The molecule has 0 fully saturated rings. The van der Waals surface area contributed by atoms with Crippen molar-refractivity contribution >= 4 is 11.9 Å². The van der Waals surface area contributed by atoms with E-state index in [0.717, 1.165) is 0 Å². The quantitative estimate of drug-likeness (QED) is 0.819. The van der Waals surface area contributed by atoms with Gasteiger partial charge in [-0.25, -0.2) is 10.3 Å². The molecule has 2 rings (SSSR count). The number of hydrogen-bond acceptors (Lipinski definition) is 5. The van der Waals surface area contributed by atoms with Crippen LogP contribution in [0.15, 0.2) is 42.7 Å². The second-order valence-electron chi connectivity index (χ2n) is 4.34. The summed E-state index contributed by atoms with van der Waals surface area (Å²) in [5.74, 6) is -1.05. The summed E-state index contributed by atoms with van der Waals surface area (Å²) in [5.41, 5.74) is 0.589. The summed E-state index contributed by atoms with van der Waals surface area (Å²) in [6.45, 7) is 0. The first-order valence-electron chi connectivity index (χ1n) is 6.27. The van der Waals surface area contributed by atoms with Gasteiger partial charge in [-0.2, -0.15) is 18.3 Å². The van der Waals surface area contributed by atoms with E-state index in [4.69, 9.17) is 0 Å². The molecule has 0 bridgehead atoms. The van der Waals surface area contributed by atoms with E-state index in [0.29, 0.717) is 5.56 Å². The minimum absolute atomic E-state index is 0.132. The van der Waals surface area contributed by atoms with Crippen LogP contribution in [0.25, 0.3) is 0 Å². The number of nitrogens with zero attached hydrogens (tertiary/aromatic N) is 3. The molecule has 2 aromatic rings. The Morgan fingerprint density at radius 3 is 2.50 bits per heavy atom. The second-order valence-corrected chi connectivity index (χ2v) is 4.34. The van der Waals surface area contributed by atoms with Crippen LogP contribution < -0.4 is 10.6 Å². The highest BCUT2D eigenvalue weighted by Gasteiger charge is 2.34. The van der Waals surface area contributed by atoms with Gasteiger partial charge in [0.25, 0.3) is 0 Å². The standard InChI is InChI=1S/C13H12F3N5O/c14-13(15,16)20-10(8-9-4-2-1-3-5-9)11(22)19-12-17-6-7-18-21-12/h1-7,10,20H,8H2,(H,17,19,21,22)/t10-/m0/s1. The van der Waals surface area contributed by atoms with Crippen molar-refractivity contribution < 1.29 is 18.0 Å². The number of hydrogen-bond donors (Lipinski definition) is 2. The number of anilines is 1. The van der Waals surface area contributed by atoms with Crippen LogP contribution in [-0.2, 0) is 11.2 Å². The van der Waals surface area contributed by atoms with Crippen molar-refractivity contribution in [1.29, 1.82) is 0 Å². The number of nitrogens with one attached hydrogen (secondary N) is 2. The van der Waals surface area contributed by atoms with Gasteiger partial charge in [-0.05, 0) is 12.0 Å². The summed E-state index contributed by atoms with van der Waals surface area (Å²) in [4.78, 5) is 15.7. The zero-order valence-corrected chi connectivity index (χ0v) is 11.2. The Bertz CT molecular complexity index is 606. The Labute approximate surface area is 123 Å². The summed E-state index contributed by atoms with van der Waals surface area (Å²) in [6, 6.07) is 6.87. The highest BCUT2D eigenvalue weighted by Crippen LogP contribution is 2.14. The van der Waals surface area contributed by atoms with Crippen molar-refractivity contribution in [3.63, 3.8) is 0 Å². The molecule has 0 aliphatic rings. The first-order chi connectivity index (χ1) is 10.4. The molecule has 0 aliphatic heterocycles. The predicted octanol–water partition coefficient (Wildman–Crippen LogP) is 1.53. The molecule has 1 aromatic carbocycles. The van der Waals surface area contributed by atoms with Gasteiger partial charge in [-0.1, -0.05) is 30.3 Å². The van der Waals surface area contributed by atoms with E-state index in [-0.39, 0.29) is 12.4 Å². The molecule has 9 heteroatoms. The van der Waals surface area contributed by atoms with Gasteiger partial charge in [0.2, 0.25) is 11.9 Å². The molecule has 1 heterocycles. The van der Waals surface area contributed by atoms with Gasteiger partial charge in [-0.15, -0.1) is 5.10 Å². The lowest BCUT2D eigenvalue weighted by atomic mass is 10.1. The zero-order chi connectivity index (χ0) is 16.0. The van der Waals surface area contributed by atoms with Gasteiger partial charge in [0.05, 0.1) is 18.4 Å². The maximum Gasteiger partial charge on any atom is 0.457 e. The minimum Gasteiger partial charge on any atom is -0.292 e. The van der Waals surface area contributed by atoms with Gasteiger partial charge in [0, 0.05) is 0 Å². The molecule has 1 amide bonds. The molecule has 0 saturated heterocycles. The molecule has 1 aromatic heterocycles. The van der Waals surface area contributed by atoms with E-state index >= 15 is 0 Å². The van der Waals surface area contributed by atoms with E-state index in [9.17, 15) is 18.0 Å². The van der Waals surface area contributed by atoms with Crippen LogP contribution in [0.5, 0.6) is 0 Å². The largest absolute Gasteiger partial charge is 0.457 e. The Balaban J connectivity index is 2.11. The molecule has 116 valence electrons. The maximum absolute atomic E-state index is 12.6. The molecular weight excluding hydrogens is 299 g/mol. The molecule has 6 nitrogen and oxygen atoms in total.